The van der Waals surface area contributed by atoms with Crippen molar-refractivity contribution in [1.29, 1.82) is 0 Å². The molecule has 0 radical (unpaired) electrons. The molecule has 0 aliphatic heterocycles. The molecule has 0 bridgehead atoms. The van der Waals surface area contributed by atoms with Gasteiger partial charge in [-0.15, -0.1) is 0 Å². The third-order valence-corrected chi connectivity index (χ3v) is 2.36. The van der Waals surface area contributed by atoms with Gasteiger partial charge in [0.1, 0.15) is 11.6 Å². The lowest BCUT2D eigenvalue weighted by Gasteiger charge is -2.12. The van der Waals surface area contributed by atoms with Crippen molar-refractivity contribution >= 4 is 17.3 Å². The van der Waals surface area contributed by atoms with E-state index in [1.165, 1.54) is 12.3 Å². The van der Waals surface area contributed by atoms with Crippen molar-refractivity contribution in [2.75, 3.05) is 17.2 Å². The molecule has 7 heteroatoms. The normalized spacial score (nSPS) is 10.4. The fourth-order valence-corrected chi connectivity index (χ4v) is 1.60. The Labute approximate surface area is 115 Å². The van der Waals surface area contributed by atoms with Crippen LogP contribution in [0.4, 0.5) is 26.1 Å². The molecule has 2 N–H and O–H groups in total. The number of ether oxygens (including phenoxy) is 1. The number of nitrogens with one attached hydrogen (secondary N) is 2. The number of aromatic nitrogens is 2. The summed E-state index contributed by atoms with van der Waals surface area (Å²) in [4.78, 5) is 8.26. The first-order valence-corrected chi connectivity index (χ1v) is 6.06. The zero-order valence-corrected chi connectivity index (χ0v) is 10.8. The number of hydrogen-bond donors (Lipinski definition) is 2. The van der Waals surface area contributed by atoms with Gasteiger partial charge in [-0.1, -0.05) is 12.1 Å². The van der Waals surface area contributed by atoms with Gasteiger partial charge in [-0.05, 0) is 19.1 Å². The SMILES string of the molecule is CCNc1cncc(Nc2ccccc2OC(F)F)n1. The predicted octanol–water partition coefficient (Wildman–Crippen LogP) is 3.25. The van der Waals surface area contributed by atoms with Crippen molar-refractivity contribution in [2.45, 2.75) is 13.5 Å². The summed E-state index contributed by atoms with van der Waals surface area (Å²) < 4.78 is 29.1. The van der Waals surface area contributed by atoms with Crippen molar-refractivity contribution < 1.29 is 13.5 Å². The van der Waals surface area contributed by atoms with Crippen LogP contribution in [-0.2, 0) is 0 Å². The van der Waals surface area contributed by atoms with Crippen LogP contribution in [-0.4, -0.2) is 23.1 Å². The Morgan fingerprint density at radius 3 is 2.70 bits per heavy atom. The average Bonchev–Trinajstić information content (AvgIpc) is 2.41. The third kappa shape index (κ3) is 3.78. The van der Waals surface area contributed by atoms with E-state index in [4.69, 9.17) is 0 Å². The van der Waals surface area contributed by atoms with Crippen LogP contribution in [0.15, 0.2) is 36.7 Å². The number of benzene rings is 1. The fraction of sp³-hybridized carbons (Fsp3) is 0.231. The third-order valence-electron chi connectivity index (χ3n) is 2.36. The van der Waals surface area contributed by atoms with E-state index in [9.17, 15) is 8.78 Å². The minimum absolute atomic E-state index is 0.0538. The second-order valence-electron chi connectivity index (χ2n) is 3.82. The molecular weight excluding hydrogens is 266 g/mol. The highest BCUT2D eigenvalue weighted by Crippen LogP contribution is 2.28. The summed E-state index contributed by atoms with van der Waals surface area (Å²) in [7, 11) is 0. The standard InChI is InChI=1S/C13H14F2N4O/c1-2-17-11-7-16-8-12(19-11)18-9-5-3-4-6-10(9)20-13(14)15/h3-8,13H,2H2,1H3,(H2,17,18,19). The maximum Gasteiger partial charge on any atom is 0.387 e. The molecule has 1 aromatic heterocycles. The van der Waals surface area contributed by atoms with Crippen molar-refractivity contribution in [3.05, 3.63) is 36.7 Å². The highest BCUT2D eigenvalue weighted by atomic mass is 19.3. The molecule has 2 aromatic rings. The number of nitrogens with zero attached hydrogens (tertiary/aromatic N) is 2. The summed E-state index contributed by atoms with van der Waals surface area (Å²) in [5.74, 6) is 1.09. The van der Waals surface area contributed by atoms with Gasteiger partial charge < -0.3 is 15.4 Å². The Hall–Kier alpha value is -2.44. The largest absolute Gasteiger partial charge is 0.433 e. The molecule has 106 valence electrons. The van der Waals surface area contributed by atoms with E-state index in [2.05, 4.69) is 25.3 Å². The van der Waals surface area contributed by atoms with Gasteiger partial charge in [0.05, 0.1) is 18.1 Å². The Morgan fingerprint density at radius 2 is 1.95 bits per heavy atom. The first-order chi connectivity index (χ1) is 9.69. The van der Waals surface area contributed by atoms with Crippen LogP contribution in [0, 0.1) is 0 Å². The summed E-state index contributed by atoms with van der Waals surface area (Å²) in [5, 5.41) is 5.92. The molecule has 0 aliphatic rings. The molecule has 2 rings (SSSR count). The fourth-order valence-electron chi connectivity index (χ4n) is 1.60. The molecule has 5 nitrogen and oxygen atoms in total. The maximum atomic E-state index is 12.3. The highest BCUT2D eigenvalue weighted by Gasteiger charge is 2.09. The highest BCUT2D eigenvalue weighted by molar-refractivity contribution is 5.64. The second-order valence-corrected chi connectivity index (χ2v) is 3.82. The molecule has 0 aliphatic carbocycles. The van der Waals surface area contributed by atoms with E-state index in [0.717, 1.165) is 0 Å². The second kappa shape index (κ2) is 6.65. The first-order valence-electron chi connectivity index (χ1n) is 6.06. The summed E-state index contributed by atoms with van der Waals surface area (Å²) in [6.07, 6.45) is 3.08. The summed E-state index contributed by atoms with van der Waals surface area (Å²) >= 11 is 0. The van der Waals surface area contributed by atoms with Gasteiger partial charge in [0.25, 0.3) is 0 Å². The molecule has 1 aromatic carbocycles. The maximum absolute atomic E-state index is 12.3. The minimum atomic E-state index is -2.88. The lowest BCUT2D eigenvalue weighted by Crippen LogP contribution is -2.06. The van der Waals surface area contributed by atoms with Crippen LogP contribution in [0.3, 0.4) is 0 Å². The molecule has 0 amide bonds. The summed E-state index contributed by atoms with van der Waals surface area (Å²) in [6, 6.07) is 6.40. The number of halogens is 2. The van der Waals surface area contributed by atoms with Gasteiger partial charge in [-0.3, -0.25) is 4.98 Å². The molecule has 0 saturated heterocycles. The van der Waals surface area contributed by atoms with Crippen molar-refractivity contribution in [3.8, 4) is 5.75 Å². The smallest absolute Gasteiger partial charge is 0.387 e. The Morgan fingerprint density at radius 1 is 1.20 bits per heavy atom. The summed E-state index contributed by atoms with van der Waals surface area (Å²) in [6.45, 7) is -0.228. The Balaban J connectivity index is 2.19. The van der Waals surface area contributed by atoms with Crippen molar-refractivity contribution in [3.63, 3.8) is 0 Å². The van der Waals surface area contributed by atoms with E-state index in [1.807, 2.05) is 6.92 Å². The zero-order chi connectivity index (χ0) is 14.4. The quantitative estimate of drug-likeness (QED) is 0.850. The van der Waals surface area contributed by atoms with E-state index in [1.54, 1.807) is 24.4 Å². The number of anilines is 3. The van der Waals surface area contributed by atoms with Gasteiger partial charge in [0, 0.05) is 6.54 Å². The lowest BCUT2D eigenvalue weighted by atomic mass is 10.3. The van der Waals surface area contributed by atoms with E-state index < -0.39 is 6.61 Å². The number of para-hydroxylation sites is 2. The Kier molecular flexibility index (Phi) is 4.65. The van der Waals surface area contributed by atoms with Crippen molar-refractivity contribution in [2.24, 2.45) is 0 Å². The molecule has 0 spiro atoms. The number of alkyl halides is 2. The van der Waals surface area contributed by atoms with E-state index in [-0.39, 0.29) is 5.75 Å². The molecule has 0 saturated carbocycles. The van der Waals surface area contributed by atoms with Crippen LogP contribution >= 0.6 is 0 Å². The lowest BCUT2D eigenvalue weighted by molar-refractivity contribution is -0.0493. The molecular formula is C13H14F2N4O. The van der Waals surface area contributed by atoms with Crippen LogP contribution in [0.2, 0.25) is 0 Å². The van der Waals surface area contributed by atoms with Crippen LogP contribution in [0.25, 0.3) is 0 Å². The van der Waals surface area contributed by atoms with Crippen molar-refractivity contribution in [1.82, 2.24) is 9.97 Å². The number of hydrogen-bond acceptors (Lipinski definition) is 5. The first kappa shape index (κ1) is 14.0. The molecule has 0 fully saturated rings. The molecule has 0 atom stereocenters. The zero-order valence-electron chi connectivity index (χ0n) is 10.8. The van der Waals surface area contributed by atoms with Gasteiger partial charge in [0.15, 0.2) is 5.82 Å². The van der Waals surface area contributed by atoms with Gasteiger partial charge in [-0.2, -0.15) is 8.78 Å². The van der Waals surface area contributed by atoms with Gasteiger partial charge in [-0.25, -0.2) is 4.98 Å². The molecule has 20 heavy (non-hydrogen) atoms. The summed E-state index contributed by atoms with van der Waals surface area (Å²) in [5.41, 5.74) is 0.399. The topological polar surface area (TPSA) is 59.1 Å². The van der Waals surface area contributed by atoms with E-state index >= 15 is 0 Å². The van der Waals surface area contributed by atoms with Gasteiger partial charge >= 0.3 is 6.61 Å². The van der Waals surface area contributed by atoms with Crippen LogP contribution < -0.4 is 15.4 Å². The average molecular weight is 280 g/mol. The van der Waals surface area contributed by atoms with Gasteiger partial charge in [0.2, 0.25) is 0 Å². The minimum Gasteiger partial charge on any atom is -0.433 e. The monoisotopic (exact) mass is 280 g/mol. The molecule has 0 unspecified atom stereocenters. The Bertz CT molecular complexity index is 566. The number of rotatable bonds is 6. The molecule has 1 heterocycles. The predicted molar refractivity (Wildman–Crippen MR) is 72.6 cm³/mol. The van der Waals surface area contributed by atoms with Crippen LogP contribution in [0.1, 0.15) is 6.92 Å². The van der Waals surface area contributed by atoms with Crippen LogP contribution in [0.5, 0.6) is 5.75 Å². The van der Waals surface area contributed by atoms with E-state index in [0.29, 0.717) is 23.9 Å².